The monoisotopic (exact) mass is 287 g/mol. The van der Waals surface area contributed by atoms with Crippen LogP contribution in [0.25, 0.3) is 0 Å². The summed E-state index contributed by atoms with van der Waals surface area (Å²) in [7, 11) is 1.50. The highest BCUT2D eigenvalue weighted by Gasteiger charge is 2.41. The molecule has 1 rings (SSSR count). The Bertz CT molecular complexity index is 374. The molecule has 20 heavy (non-hydrogen) atoms. The topological polar surface area (TPSA) is 131 Å². The largest absolute Gasteiger partial charge is 0.480 e. The van der Waals surface area contributed by atoms with Gasteiger partial charge in [0, 0.05) is 7.11 Å². The van der Waals surface area contributed by atoms with Gasteiger partial charge in [-0.15, -0.1) is 0 Å². The Hall–Kier alpha value is -1.67. The zero-order chi connectivity index (χ0) is 15.2. The molecule has 1 aliphatic rings. The van der Waals surface area contributed by atoms with E-state index in [2.05, 4.69) is 10.6 Å². The molecule has 1 atom stereocenters. The molecule has 0 unspecified atom stereocenters. The average Bonchev–Trinajstić information content (AvgIpc) is 2.38. The molecule has 0 bridgehead atoms. The molecule has 1 saturated heterocycles. The van der Waals surface area contributed by atoms with Crippen LogP contribution in [-0.2, 0) is 19.1 Å². The third kappa shape index (κ3) is 4.17. The molecular weight excluding hydrogens is 266 g/mol. The number of carbonyl (C=O) groups excluding carboxylic acids is 2. The number of ether oxygens (including phenoxy) is 1. The number of carbonyl (C=O) groups is 3. The van der Waals surface area contributed by atoms with Crippen molar-refractivity contribution in [2.45, 2.75) is 25.3 Å². The lowest BCUT2D eigenvalue weighted by molar-refractivity contribution is -0.147. The fraction of sp³-hybridized carbons (Fsp3) is 0.750. The number of amides is 2. The maximum Gasteiger partial charge on any atom is 0.326 e. The Morgan fingerprint density at radius 3 is 2.45 bits per heavy atom. The van der Waals surface area contributed by atoms with Gasteiger partial charge in [-0.1, -0.05) is 0 Å². The molecule has 114 valence electrons. The Morgan fingerprint density at radius 1 is 1.40 bits per heavy atom. The van der Waals surface area contributed by atoms with Crippen molar-refractivity contribution in [3.8, 4) is 0 Å². The van der Waals surface area contributed by atoms with Crippen LogP contribution >= 0.6 is 0 Å². The van der Waals surface area contributed by atoms with Crippen LogP contribution in [0.3, 0.4) is 0 Å². The van der Waals surface area contributed by atoms with Gasteiger partial charge in [0.2, 0.25) is 11.8 Å². The quantitative estimate of drug-likeness (QED) is 0.448. The maximum absolute atomic E-state index is 12.4. The number of methoxy groups -OCH3 is 1. The van der Waals surface area contributed by atoms with Gasteiger partial charge in [-0.25, -0.2) is 4.79 Å². The Morgan fingerprint density at radius 2 is 2.00 bits per heavy atom. The van der Waals surface area contributed by atoms with E-state index in [0.29, 0.717) is 25.9 Å². The lowest BCUT2D eigenvalue weighted by atomic mass is 9.78. The first-order chi connectivity index (χ1) is 9.41. The number of primary amides is 1. The molecule has 0 spiro atoms. The first-order valence-corrected chi connectivity index (χ1v) is 6.43. The second kappa shape index (κ2) is 7.20. The third-order valence-corrected chi connectivity index (χ3v) is 3.47. The Balaban J connectivity index is 2.78. The number of nitrogens with one attached hydrogen (secondary N) is 2. The van der Waals surface area contributed by atoms with Crippen molar-refractivity contribution < 1.29 is 24.2 Å². The Labute approximate surface area is 117 Å². The van der Waals surface area contributed by atoms with Crippen LogP contribution in [-0.4, -0.2) is 55.7 Å². The number of carboxylic acids is 1. The molecule has 0 aromatic carbocycles. The second-order valence-electron chi connectivity index (χ2n) is 5.00. The number of piperidine rings is 1. The fourth-order valence-corrected chi connectivity index (χ4v) is 2.33. The summed E-state index contributed by atoms with van der Waals surface area (Å²) in [5.74, 6) is -2.46. The van der Waals surface area contributed by atoms with E-state index in [4.69, 9.17) is 15.6 Å². The van der Waals surface area contributed by atoms with Gasteiger partial charge in [-0.2, -0.15) is 0 Å². The van der Waals surface area contributed by atoms with E-state index < -0.39 is 35.7 Å². The molecule has 0 saturated carbocycles. The lowest BCUT2D eigenvalue weighted by Gasteiger charge is -2.36. The molecule has 5 N–H and O–H groups in total. The first kappa shape index (κ1) is 16.4. The van der Waals surface area contributed by atoms with Gasteiger partial charge >= 0.3 is 5.97 Å². The summed E-state index contributed by atoms with van der Waals surface area (Å²) < 4.78 is 5.10. The third-order valence-electron chi connectivity index (χ3n) is 3.47. The Kier molecular flexibility index (Phi) is 5.90. The molecule has 0 aromatic rings. The number of hydrogen-bond donors (Lipinski definition) is 4. The van der Waals surface area contributed by atoms with E-state index in [0.717, 1.165) is 0 Å². The minimum absolute atomic E-state index is 0.212. The summed E-state index contributed by atoms with van der Waals surface area (Å²) in [5.41, 5.74) is 4.23. The number of carboxylic acid groups (broad SMARTS) is 1. The van der Waals surface area contributed by atoms with Crippen LogP contribution in [0.5, 0.6) is 0 Å². The second-order valence-corrected chi connectivity index (χ2v) is 5.00. The van der Waals surface area contributed by atoms with Gasteiger partial charge in [0.05, 0.1) is 18.4 Å². The summed E-state index contributed by atoms with van der Waals surface area (Å²) in [6, 6.07) is -1.30. The average molecular weight is 287 g/mol. The number of hydrogen-bond acceptors (Lipinski definition) is 5. The molecule has 2 amide bonds. The normalized spacial score (nSPS) is 19.1. The van der Waals surface area contributed by atoms with Crippen LogP contribution in [0.15, 0.2) is 0 Å². The summed E-state index contributed by atoms with van der Waals surface area (Å²) in [6.07, 6.45) is 0.674. The fourth-order valence-electron chi connectivity index (χ4n) is 2.33. The molecule has 1 heterocycles. The molecule has 0 aromatic heterocycles. The molecule has 1 aliphatic heterocycles. The van der Waals surface area contributed by atoms with Crippen molar-refractivity contribution in [2.24, 2.45) is 11.1 Å². The number of aliphatic carboxylic acids is 1. The zero-order valence-electron chi connectivity index (χ0n) is 11.5. The van der Waals surface area contributed by atoms with Crippen molar-refractivity contribution in [1.29, 1.82) is 0 Å². The summed E-state index contributed by atoms with van der Waals surface area (Å²) in [4.78, 5) is 34.3. The predicted octanol–water partition coefficient (Wildman–Crippen LogP) is -1.55. The molecule has 8 nitrogen and oxygen atoms in total. The standard InChI is InChI=1S/C12H21N3O5/c1-20-7-12(2-4-14-5-3-12)11(19)15-8(10(17)18)6-9(13)16/h8,14H,2-7H2,1H3,(H2,13,16)(H,15,19)(H,17,18)/t8-/m0/s1. The molecule has 0 aliphatic carbocycles. The highest BCUT2D eigenvalue weighted by atomic mass is 16.5. The van der Waals surface area contributed by atoms with Gasteiger partial charge < -0.3 is 26.2 Å². The minimum Gasteiger partial charge on any atom is -0.480 e. The smallest absolute Gasteiger partial charge is 0.326 e. The van der Waals surface area contributed by atoms with Crippen molar-refractivity contribution in [1.82, 2.24) is 10.6 Å². The van der Waals surface area contributed by atoms with E-state index in [-0.39, 0.29) is 6.61 Å². The summed E-state index contributed by atoms with van der Waals surface area (Å²) in [5, 5.41) is 14.5. The van der Waals surface area contributed by atoms with E-state index in [1.54, 1.807) is 0 Å². The van der Waals surface area contributed by atoms with Gasteiger partial charge in [0.1, 0.15) is 6.04 Å². The maximum atomic E-state index is 12.4. The molecule has 0 radical (unpaired) electrons. The van der Waals surface area contributed by atoms with Gasteiger partial charge in [-0.3, -0.25) is 9.59 Å². The van der Waals surface area contributed by atoms with Crippen molar-refractivity contribution in [3.63, 3.8) is 0 Å². The molecule has 8 heteroatoms. The van der Waals surface area contributed by atoms with Crippen LogP contribution in [0.2, 0.25) is 0 Å². The lowest BCUT2D eigenvalue weighted by Crippen LogP contribution is -2.54. The number of nitrogens with two attached hydrogens (primary N) is 1. The van der Waals surface area contributed by atoms with Crippen LogP contribution in [0, 0.1) is 5.41 Å². The SMILES string of the molecule is COCC1(C(=O)N[C@@H](CC(N)=O)C(=O)O)CCNCC1. The van der Waals surface area contributed by atoms with Gasteiger partial charge in [0.15, 0.2) is 0 Å². The van der Waals surface area contributed by atoms with Gasteiger partial charge in [-0.05, 0) is 25.9 Å². The first-order valence-electron chi connectivity index (χ1n) is 6.43. The number of rotatable bonds is 7. The van der Waals surface area contributed by atoms with Crippen molar-refractivity contribution >= 4 is 17.8 Å². The highest BCUT2D eigenvalue weighted by molar-refractivity contribution is 5.90. The van der Waals surface area contributed by atoms with E-state index in [1.165, 1.54) is 7.11 Å². The molecule has 1 fully saturated rings. The summed E-state index contributed by atoms with van der Waals surface area (Å²) >= 11 is 0. The van der Waals surface area contributed by atoms with Crippen molar-refractivity contribution in [3.05, 3.63) is 0 Å². The predicted molar refractivity (Wildman–Crippen MR) is 69.8 cm³/mol. The van der Waals surface area contributed by atoms with E-state index >= 15 is 0 Å². The van der Waals surface area contributed by atoms with Crippen LogP contribution in [0.4, 0.5) is 0 Å². The zero-order valence-corrected chi connectivity index (χ0v) is 11.5. The van der Waals surface area contributed by atoms with Crippen molar-refractivity contribution in [2.75, 3.05) is 26.8 Å². The van der Waals surface area contributed by atoms with Crippen LogP contribution in [0.1, 0.15) is 19.3 Å². The highest BCUT2D eigenvalue weighted by Crippen LogP contribution is 2.29. The molecular formula is C12H21N3O5. The van der Waals surface area contributed by atoms with Gasteiger partial charge in [0.25, 0.3) is 0 Å². The van der Waals surface area contributed by atoms with E-state index in [9.17, 15) is 14.4 Å². The van der Waals surface area contributed by atoms with E-state index in [1.807, 2.05) is 0 Å². The van der Waals surface area contributed by atoms with Crippen LogP contribution < -0.4 is 16.4 Å². The summed E-state index contributed by atoms with van der Waals surface area (Å²) in [6.45, 7) is 1.53. The minimum atomic E-state index is -1.30.